The fraction of sp³-hybridized carbons (Fsp3) is 0.462. The number of carbonyl (C=O) groups is 1. The van der Waals surface area contributed by atoms with E-state index in [1.807, 2.05) is 19.9 Å². The molecule has 0 aliphatic carbocycles. The number of amides is 1. The molecule has 1 aliphatic rings. The van der Waals surface area contributed by atoms with Crippen LogP contribution in [-0.2, 0) is 11.2 Å². The maximum absolute atomic E-state index is 13.3. The van der Waals surface area contributed by atoms with Gasteiger partial charge in [0.05, 0.1) is 5.92 Å². The molecule has 1 aromatic carbocycles. The Bertz CT molecular complexity index is 464. The van der Waals surface area contributed by atoms with Gasteiger partial charge in [0, 0.05) is 18.3 Å². The molecule has 5 heteroatoms. The van der Waals surface area contributed by atoms with Crippen LogP contribution in [-0.4, -0.2) is 18.5 Å². The molecule has 18 heavy (non-hydrogen) atoms. The van der Waals surface area contributed by atoms with E-state index in [1.165, 1.54) is 12.1 Å². The summed E-state index contributed by atoms with van der Waals surface area (Å²) in [5, 5.41) is 0. The molecule has 0 fully saturated rings. The van der Waals surface area contributed by atoms with Crippen molar-refractivity contribution in [1.29, 1.82) is 0 Å². The lowest BCUT2D eigenvalue weighted by Gasteiger charge is -2.31. The fourth-order valence-electron chi connectivity index (χ4n) is 2.42. The van der Waals surface area contributed by atoms with Crippen molar-refractivity contribution in [2.24, 2.45) is 11.8 Å². The van der Waals surface area contributed by atoms with E-state index in [1.54, 1.807) is 0 Å². The lowest BCUT2D eigenvalue weighted by atomic mass is 10.0. The van der Waals surface area contributed by atoms with E-state index in [2.05, 4.69) is 10.3 Å². The predicted molar refractivity (Wildman–Crippen MR) is 68.4 cm³/mol. The summed E-state index contributed by atoms with van der Waals surface area (Å²) in [4.78, 5) is 13.6. The Hall–Kier alpha value is -1.62. The highest BCUT2D eigenvalue weighted by Gasteiger charge is 2.29. The minimum Gasteiger partial charge on any atom is -0.367 e. The molecule has 1 aliphatic heterocycles. The van der Waals surface area contributed by atoms with Gasteiger partial charge in [0.15, 0.2) is 0 Å². The Kier molecular flexibility index (Phi) is 3.52. The van der Waals surface area contributed by atoms with E-state index in [0.717, 1.165) is 24.2 Å². The highest BCUT2D eigenvalue weighted by Crippen LogP contribution is 2.32. The number of nitrogens with zero attached hydrogens (tertiary/aromatic N) is 1. The van der Waals surface area contributed by atoms with Gasteiger partial charge in [0.1, 0.15) is 5.82 Å². The number of halogens is 1. The lowest BCUT2D eigenvalue weighted by molar-refractivity contribution is -0.125. The Labute approximate surface area is 106 Å². The molecule has 0 radical (unpaired) electrons. The van der Waals surface area contributed by atoms with Gasteiger partial charge in [-0.3, -0.25) is 10.2 Å². The molecular weight excluding hydrogens is 233 g/mol. The molecule has 0 spiro atoms. The third kappa shape index (κ3) is 2.18. The number of nitrogens with one attached hydrogen (secondary N) is 1. The standard InChI is InChI=1S/C13H18FN3O/c1-8(13(18)16-15)9(2)17-6-5-10-3-4-11(14)7-12(10)17/h3-4,7-9H,5-6,15H2,1-2H3,(H,16,18). The number of hydrogen-bond acceptors (Lipinski definition) is 3. The predicted octanol–water partition coefficient (Wildman–Crippen LogP) is 1.20. The van der Waals surface area contributed by atoms with Gasteiger partial charge in [-0.1, -0.05) is 13.0 Å². The quantitative estimate of drug-likeness (QED) is 0.482. The first kappa shape index (κ1) is 12.8. The van der Waals surface area contributed by atoms with Crippen molar-refractivity contribution >= 4 is 11.6 Å². The van der Waals surface area contributed by atoms with Gasteiger partial charge in [0.2, 0.25) is 5.91 Å². The van der Waals surface area contributed by atoms with Gasteiger partial charge in [-0.15, -0.1) is 0 Å². The monoisotopic (exact) mass is 251 g/mol. The number of hydrogen-bond donors (Lipinski definition) is 2. The maximum atomic E-state index is 13.3. The molecule has 0 saturated heterocycles. The van der Waals surface area contributed by atoms with E-state index < -0.39 is 0 Å². The van der Waals surface area contributed by atoms with Gasteiger partial charge < -0.3 is 4.90 Å². The molecule has 0 saturated carbocycles. The van der Waals surface area contributed by atoms with Crippen LogP contribution in [0.15, 0.2) is 18.2 Å². The van der Waals surface area contributed by atoms with Gasteiger partial charge >= 0.3 is 0 Å². The average Bonchev–Trinajstić information content (AvgIpc) is 2.78. The SMILES string of the molecule is CC(C(=O)NN)C(C)N1CCc2ccc(F)cc21. The maximum Gasteiger partial charge on any atom is 0.238 e. The first-order chi connectivity index (χ1) is 8.54. The highest BCUT2D eigenvalue weighted by molar-refractivity contribution is 5.79. The molecule has 2 unspecified atom stereocenters. The Morgan fingerprint density at radius 3 is 2.89 bits per heavy atom. The van der Waals surface area contributed by atoms with E-state index in [9.17, 15) is 9.18 Å². The Morgan fingerprint density at radius 1 is 1.50 bits per heavy atom. The van der Waals surface area contributed by atoms with E-state index in [0.29, 0.717) is 0 Å². The van der Waals surface area contributed by atoms with Crippen LogP contribution in [0.25, 0.3) is 0 Å². The van der Waals surface area contributed by atoms with Crippen LogP contribution in [0.3, 0.4) is 0 Å². The van der Waals surface area contributed by atoms with Gasteiger partial charge in [0.25, 0.3) is 0 Å². The first-order valence-corrected chi connectivity index (χ1v) is 6.10. The van der Waals surface area contributed by atoms with E-state index >= 15 is 0 Å². The molecule has 98 valence electrons. The van der Waals surface area contributed by atoms with Crippen LogP contribution < -0.4 is 16.2 Å². The summed E-state index contributed by atoms with van der Waals surface area (Å²) in [6, 6.07) is 4.80. The normalized spacial score (nSPS) is 17.2. The van der Waals surface area contributed by atoms with Crippen LogP contribution in [0.2, 0.25) is 0 Å². The molecule has 1 amide bonds. The summed E-state index contributed by atoms with van der Waals surface area (Å²) in [6.07, 6.45) is 0.886. The number of rotatable bonds is 3. The highest BCUT2D eigenvalue weighted by atomic mass is 19.1. The zero-order chi connectivity index (χ0) is 13.3. The minimum atomic E-state index is -0.247. The zero-order valence-corrected chi connectivity index (χ0v) is 10.6. The van der Waals surface area contributed by atoms with Crippen molar-refractivity contribution in [3.63, 3.8) is 0 Å². The number of fused-ring (bicyclic) bond motifs is 1. The molecule has 0 bridgehead atoms. The van der Waals surface area contributed by atoms with Crippen LogP contribution in [0.4, 0.5) is 10.1 Å². The summed E-state index contributed by atoms with van der Waals surface area (Å²) in [5.74, 6) is 4.46. The molecular formula is C13H18FN3O. The summed E-state index contributed by atoms with van der Waals surface area (Å²) in [6.45, 7) is 4.59. The second-order valence-corrected chi connectivity index (χ2v) is 4.75. The van der Waals surface area contributed by atoms with Gasteiger partial charge in [-0.2, -0.15) is 0 Å². The van der Waals surface area contributed by atoms with Gasteiger partial charge in [-0.05, 0) is 31.0 Å². The largest absolute Gasteiger partial charge is 0.367 e. The summed E-state index contributed by atoms with van der Waals surface area (Å²) >= 11 is 0. The third-order valence-corrected chi connectivity index (χ3v) is 3.75. The molecule has 0 aromatic heterocycles. The Balaban J connectivity index is 2.22. The van der Waals surface area contributed by atoms with Crippen molar-refractivity contribution < 1.29 is 9.18 Å². The molecule has 4 nitrogen and oxygen atoms in total. The van der Waals surface area contributed by atoms with Crippen molar-refractivity contribution in [3.05, 3.63) is 29.6 Å². The van der Waals surface area contributed by atoms with Crippen LogP contribution in [0, 0.1) is 11.7 Å². The van der Waals surface area contributed by atoms with Crippen LogP contribution in [0.5, 0.6) is 0 Å². The lowest BCUT2D eigenvalue weighted by Crippen LogP contribution is -2.45. The first-order valence-electron chi connectivity index (χ1n) is 6.10. The molecule has 1 aromatic rings. The zero-order valence-electron chi connectivity index (χ0n) is 10.6. The smallest absolute Gasteiger partial charge is 0.238 e. The number of anilines is 1. The summed E-state index contributed by atoms with van der Waals surface area (Å²) in [5.41, 5.74) is 4.18. The van der Waals surface area contributed by atoms with Gasteiger partial charge in [-0.25, -0.2) is 10.2 Å². The van der Waals surface area contributed by atoms with E-state index in [-0.39, 0.29) is 23.7 Å². The summed E-state index contributed by atoms with van der Waals surface area (Å²) < 4.78 is 13.3. The van der Waals surface area contributed by atoms with Crippen molar-refractivity contribution in [1.82, 2.24) is 5.43 Å². The topological polar surface area (TPSA) is 58.4 Å². The molecule has 1 heterocycles. The molecule has 3 N–H and O–H groups in total. The van der Waals surface area contributed by atoms with Crippen molar-refractivity contribution in [2.75, 3.05) is 11.4 Å². The second-order valence-electron chi connectivity index (χ2n) is 4.75. The molecule has 2 rings (SSSR count). The van der Waals surface area contributed by atoms with Crippen LogP contribution in [0.1, 0.15) is 19.4 Å². The number of carbonyl (C=O) groups excluding carboxylic acids is 1. The van der Waals surface area contributed by atoms with Crippen molar-refractivity contribution in [2.45, 2.75) is 26.3 Å². The molecule has 2 atom stereocenters. The average molecular weight is 251 g/mol. The number of nitrogens with two attached hydrogens (primary N) is 1. The number of benzene rings is 1. The fourth-order valence-corrected chi connectivity index (χ4v) is 2.42. The van der Waals surface area contributed by atoms with Crippen molar-refractivity contribution in [3.8, 4) is 0 Å². The summed E-state index contributed by atoms with van der Waals surface area (Å²) in [7, 11) is 0. The third-order valence-electron chi connectivity index (χ3n) is 3.75. The Morgan fingerprint density at radius 2 is 2.22 bits per heavy atom. The number of hydrazine groups is 1. The van der Waals surface area contributed by atoms with E-state index in [4.69, 9.17) is 5.84 Å². The second kappa shape index (κ2) is 4.94. The minimum absolute atomic E-state index is 0.0170. The van der Waals surface area contributed by atoms with Crippen LogP contribution >= 0.6 is 0 Å².